The van der Waals surface area contributed by atoms with E-state index in [-0.39, 0.29) is 23.9 Å². The Morgan fingerprint density at radius 2 is 1.96 bits per heavy atom. The molecule has 0 saturated carbocycles. The second kappa shape index (κ2) is 7.84. The number of rotatable bonds is 5. The van der Waals surface area contributed by atoms with Gasteiger partial charge in [-0.25, -0.2) is 4.39 Å². The van der Waals surface area contributed by atoms with Crippen molar-refractivity contribution < 1.29 is 13.9 Å². The highest BCUT2D eigenvalue weighted by Gasteiger charge is 2.25. The number of hydrogen-bond acceptors (Lipinski definition) is 5. The number of esters is 1. The number of ether oxygens (including phenoxy) is 1. The molecular formula is C20H23FN2O3S. The maximum absolute atomic E-state index is 13.1. The van der Waals surface area contributed by atoms with Crippen molar-refractivity contribution in [1.29, 1.82) is 0 Å². The Morgan fingerprint density at radius 1 is 1.26 bits per heavy atom. The van der Waals surface area contributed by atoms with Gasteiger partial charge in [0.1, 0.15) is 18.0 Å². The molecule has 0 atom stereocenters. The van der Waals surface area contributed by atoms with Crippen LogP contribution in [0.15, 0.2) is 34.2 Å². The first kappa shape index (κ1) is 19.6. The summed E-state index contributed by atoms with van der Waals surface area (Å²) in [6, 6.07) is 6.21. The van der Waals surface area contributed by atoms with Crippen LogP contribution in [0.5, 0.6) is 0 Å². The lowest BCUT2D eigenvalue weighted by Crippen LogP contribution is -2.29. The summed E-state index contributed by atoms with van der Waals surface area (Å²) in [6.45, 7) is 5.49. The molecule has 2 aromatic rings. The van der Waals surface area contributed by atoms with Gasteiger partial charge in [-0.05, 0) is 57.7 Å². The average molecular weight is 390 g/mol. The number of nitrogens with zero attached hydrogens (tertiary/aromatic N) is 2. The van der Waals surface area contributed by atoms with E-state index in [1.807, 2.05) is 25.3 Å². The highest BCUT2D eigenvalue weighted by Crippen LogP contribution is 2.26. The number of hydrogen-bond donors (Lipinski definition) is 0. The van der Waals surface area contributed by atoms with Gasteiger partial charge in [0.25, 0.3) is 5.56 Å². The van der Waals surface area contributed by atoms with Crippen LogP contribution in [-0.4, -0.2) is 21.1 Å². The number of halogens is 1. The molecule has 0 bridgehead atoms. The summed E-state index contributed by atoms with van der Waals surface area (Å²) in [7, 11) is 0. The molecule has 1 aliphatic rings. The normalized spacial score (nSPS) is 13.5. The fourth-order valence-electron chi connectivity index (χ4n) is 3.09. The SMILES string of the molecule is CC(C)(C)OC(=O)Cn1c(SCc2ccc(F)cc2)nc(=O)c2c1CCC2. The molecule has 1 heterocycles. The van der Waals surface area contributed by atoms with Gasteiger partial charge in [-0.1, -0.05) is 23.9 Å². The van der Waals surface area contributed by atoms with Gasteiger partial charge in [-0.2, -0.15) is 4.98 Å². The Hall–Kier alpha value is -2.15. The maximum atomic E-state index is 13.1. The minimum Gasteiger partial charge on any atom is -0.459 e. The quantitative estimate of drug-likeness (QED) is 0.444. The minimum absolute atomic E-state index is 0.0264. The Labute approximate surface area is 162 Å². The van der Waals surface area contributed by atoms with Gasteiger partial charge >= 0.3 is 5.97 Å². The standard InChI is InChI=1S/C20H23FN2O3S/c1-20(2,3)26-17(24)11-23-16-6-4-5-15(16)18(25)22-19(23)27-12-13-7-9-14(21)10-8-13/h7-10H,4-6,11-12H2,1-3H3. The van der Waals surface area contributed by atoms with Crippen molar-refractivity contribution in [3.8, 4) is 0 Å². The fourth-order valence-corrected chi connectivity index (χ4v) is 4.06. The number of aromatic nitrogens is 2. The third kappa shape index (κ3) is 4.97. The molecule has 0 fully saturated rings. The summed E-state index contributed by atoms with van der Waals surface area (Å²) in [5, 5.41) is 0.496. The van der Waals surface area contributed by atoms with E-state index >= 15 is 0 Å². The molecule has 1 aromatic carbocycles. The second-order valence-corrected chi connectivity index (χ2v) is 8.51. The van der Waals surface area contributed by atoms with E-state index in [9.17, 15) is 14.0 Å². The van der Waals surface area contributed by atoms with Crippen molar-refractivity contribution >= 4 is 17.7 Å². The number of benzene rings is 1. The summed E-state index contributed by atoms with van der Waals surface area (Å²) in [5.41, 5.74) is 1.70. The monoisotopic (exact) mass is 390 g/mol. The zero-order valence-corrected chi connectivity index (χ0v) is 16.6. The van der Waals surface area contributed by atoms with Crippen LogP contribution < -0.4 is 5.56 Å². The first-order valence-electron chi connectivity index (χ1n) is 8.94. The van der Waals surface area contributed by atoms with Crippen molar-refractivity contribution in [3.63, 3.8) is 0 Å². The molecule has 0 radical (unpaired) electrons. The Bertz CT molecular complexity index is 901. The third-order valence-electron chi connectivity index (χ3n) is 4.19. The van der Waals surface area contributed by atoms with Crippen LogP contribution in [0.2, 0.25) is 0 Å². The zero-order valence-electron chi connectivity index (χ0n) is 15.8. The van der Waals surface area contributed by atoms with E-state index in [0.717, 1.165) is 24.1 Å². The number of carbonyl (C=O) groups excluding carboxylic acids is 1. The van der Waals surface area contributed by atoms with Gasteiger partial charge < -0.3 is 9.30 Å². The molecule has 1 aliphatic carbocycles. The van der Waals surface area contributed by atoms with Crippen molar-refractivity contribution in [3.05, 3.63) is 57.3 Å². The van der Waals surface area contributed by atoms with Gasteiger partial charge in [0.2, 0.25) is 0 Å². The molecule has 0 N–H and O–H groups in total. The molecular weight excluding hydrogens is 367 g/mol. The van der Waals surface area contributed by atoms with Crippen molar-refractivity contribution in [2.45, 2.75) is 63.1 Å². The van der Waals surface area contributed by atoms with Gasteiger partial charge in [0.05, 0.1) is 0 Å². The third-order valence-corrected chi connectivity index (χ3v) is 5.24. The topological polar surface area (TPSA) is 61.2 Å². The first-order valence-corrected chi connectivity index (χ1v) is 9.93. The Balaban J connectivity index is 1.87. The summed E-state index contributed by atoms with van der Waals surface area (Å²) < 4.78 is 20.3. The second-order valence-electron chi connectivity index (χ2n) is 7.57. The molecule has 0 spiro atoms. The van der Waals surface area contributed by atoms with E-state index in [1.54, 1.807) is 12.1 Å². The molecule has 7 heteroatoms. The number of thioether (sulfide) groups is 1. The van der Waals surface area contributed by atoms with Gasteiger partial charge in [-0.3, -0.25) is 9.59 Å². The van der Waals surface area contributed by atoms with Gasteiger partial charge in [-0.15, -0.1) is 0 Å². The van der Waals surface area contributed by atoms with E-state index in [0.29, 0.717) is 22.9 Å². The summed E-state index contributed by atoms with van der Waals surface area (Å²) in [5.74, 6) is -0.119. The van der Waals surface area contributed by atoms with E-state index in [4.69, 9.17) is 4.74 Å². The van der Waals surface area contributed by atoms with Crippen molar-refractivity contribution in [2.24, 2.45) is 0 Å². The van der Waals surface area contributed by atoms with Crippen LogP contribution in [0.1, 0.15) is 44.0 Å². The predicted octanol–water partition coefficient (Wildman–Crippen LogP) is 3.51. The molecule has 0 unspecified atom stereocenters. The smallest absolute Gasteiger partial charge is 0.326 e. The predicted molar refractivity (Wildman–Crippen MR) is 102 cm³/mol. The Morgan fingerprint density at radius 3 is 2.63 bits per heavy atom. The molecule has 1 aromatic heterocycles. The highest BCUT2D eigenvalue weighted by molar-refractivity contribution is 7.98. The lowest BCUT2D eigenvalue weighted by atomic mass is 10.2. The summed E-state index contributed by atoms with van der Waals surface area (Å²) in [6.07, 6.45) is 2.32. The zero-order chi connectivity index (χ0) is 19.6. The molecule has 5 nitrogen and oxygen atoms in total. The molecule has 3 rings (SSSR count). The van der Waals surface area contributed by atoms with Gasteiger partial charge in [0, 0.05) is 17.0 Å². The largest absolute Gasteiger partial charge is 0.459 e. The maximum Gasteiger partial charge on any atom is 0.326 e. The van der Waals surface area contributed by atoms with Crippen molar-refractivity contribution in [2.75, 3.05) is 0 Å². The van der Waals surface area contributed by atoms with Crippen LogP contribution >= 0.6 is 11.8 Å². The molecule has 0 amide bonds. The lowest BCUT2D eigenvalue weighted by molar-refractivity contribution is -0.155. The molecule has 0 aliphatic heterocycles. The van der Waals surface area contributed by atoms with E-state index in [1.165, 1.54) is 23.9 Å². The van der Waals surface area contributed by atoms with E-state index < -0.39 is 5.60 Å². The number of carbonyl (C=O) groups is 1. The summed E-state index contributed by atoms with van der Waals surface area (Å²) in [4.78, 5) is 28.9. The van der Waals surface area contributed by atoms with Crippen LogP contribution in [0.4, 0.5) is 4.39 Å². The van der Waals surface area contributed by atoms with Gasteiger partial charge in [0.15, 0.2) is 5.16 Å². The van der Waals surface area contributed by atoms with Crippen LogP contribution in [0.3, 0.4) is 0 Å². The minimum atomic E-state index is -0.575. The highest BCUT2D eigenvalue weighted by atomic mass is 32.2. The lowest BCUT2D eigenvalue weighted by Gasteiger charge is -2.22. The fraction of sp³-hybridized carbons (Fsp3) is 0.450. The van der Waals surface area contributed by atoms with E-state index in [2.05, 4.69) is 4.98 Å². The summed E-state index contributed by atoms with van der Waals surface area (Å²) >= 11 is 1.37. The molecule has 144 valence electrons. The average Bonchev–Trinajstić information content (AvgIpc) is 3.06. The Kier molecular flexibility index (Phi) is 5.69. The molecule has 0 saturated heterocycles. The van der Waals surface area contributed by atoms with Crippen LogP contribution in [0, 0.1) is 5.82 Å². The van der Waals surface area contributed by atoms with Crippen LogP contribution in [0.25, 0.3) is 0 Å². The molecule has 27 heavy (non-hydrogen) atoms. The number of fused-ring (bicyclic) bond motifs is 1. The first-order chi connectivity index (χ1) is 12.7. The van der Waals surface area contributed by atoms with Crippen molar-refractivity contribution in [1.82, 2.24) is 9.55 Å². The van der Waals surface area contributed by atoms with Crippen LogP contribution in [-0.2, 0) is 34.7 Å².